The summed E-state index contributed by atoms with van der Waals surface area (Å²) in [6.45, 7) is 1.19. The standard InChI is InChI=1S/C28H42N2O5.C23H34N2O5/c31-20-24(32)14-5-2-8-17-29-27(33)23-13-9-10-21(18-23)19-30-26(22-11-3-1-4-12-22)28(34)35-25-15-6-7-16-25;26-16-20(27)12-5-2-6-13-24-22(28)19-11-7-8-17(14-19)15-25-21(23(29)30)18-9-3-1-4-10-18/h9-10,13,18,22,25-26,30-31H,1-8,11-12,14-17,19-20H2,(H,29,33);7-8,11,14,18,21,25-26H,1-6,9-10,12-13,15-16H2,(H,24,28)(H,29,30)/t26-;21-/m00/s1. The number of benzene rings is 2. The van der Waals surface area contributed by atoms with Crippen LogP contribution in [-0.2, 0) is 37.0 Å². The average molecular weight is 905 g/mol. The first-order valence-corrected chi connectivity index (χ1v) is 24.5. The number of aliphatic hydroxyl groups excluding tert-OH is 2. The van der Waals surface area contributed by atoms with E-state index < -0.39 is 25.2 Å². The molecule has 0 saturated heterocycles. The van der Waals surface area contributed by atoms with Crippen LogP contribution in [0.4, 0.5) is 0 Å². The molecule has 2 aromatic rings. The Morgan fingerprint density at radius 1 is 0.554 bits per heavy atom. The van der Waals surface area contributed by atoms with Crippen LogP contribution in [-0.4, -0.2) is 95.1 Å². The summed E-state index contributed by atoms with van der Waals surface area (Å²) >= 11 is 0. The fraction of sp³-hybridized carbons (Fsp3) is 0.647. The second-order valence-corrected chi connectivity index (χ2v) is 18.1. The molecule has 2 atom stereocenters. The first-order chi connectivity index (χ1) is 31.6. The number of carboxylic acids is 1. The van der Waals surface area contributed by atoms with Crippen molar-refractivity contribution in [2.75, 3.05) is 26.3 Å². The minimum Gasteiger partial charge on any atom is -0.480 e. The van der Waals surface area contributed by atoms with Gasteiger partial charge < -0.3 is 41.3 Å². The summed E-state index contributed by atoms with van der Waals surface area (Å²) in [4.78, 5) is 71.8. The number of Topliss-reactive ketones (excluding diaryl/α,β-unsaturated/α-hetero) is 2. The lowest BCUT2D eigenvalue weighted by atomic mass is 9.83. The Bertz CT molecular complexity index is 1770. The highest BCUT2D eigenvalue weighted by Crippen LogP contribution is 2.30. The van der Waals surface area contributed by atoms with E-state index in [4.69, 9.17) is 14.9 Å². The van der Waals surface area contributed by atoms with Crippen LogP contribution in [0.15, 0.2) is 48.5 Å². The van der Waals surface area contributed by atoms with E-state index in [0.717, 1.165) is 120 Å². The number of carbonyl (C=O) groups excluding carboxylic acids is 5. The maximum atomic E-state index is 13.1. The summed E-state index contributed by atoms with van der Waals surface area (Å²) in [6, 6.07) is 13.9. The van der Waals surface area contributed by atoms with Gasteiger partial charge in [-0.25, -0.2) is 0 Å². The van der Waals surface area contributed by atoms with Gasteiger partial charge in [0.15, 0.2) is 11.6 Å². The Hall–Kier alpha value is -4.50. The van der Waals surface area contributed by atoms with Crippen molar-refractivity contribution in [2.24, 2.45) is 11.8 Å². The largest absolute Gasteiger partial charge is 0.480 e. The molecule has 14 nitrogen and oxygen atoms in total. The van der Waals surface area contributed by atoms with Gasteiger partial charge in [0, 0.05) is 50.1 Å². The number of aliphatic hydroxyl groups is 2. The number of rotatable bonds is 27. The fourth-order valence-electron chi connectivity index (χ4n) is 9.19. The number of carboxylic acid groups (broad SMARTS) is 1. The van der Waals surface area contributed by atoms with E-state index in [9.17, 15) is 33.9 Å². The lowest BCUT2D eigenvalue weighted by Gasteiger charge is -2.30. The number of ether oxygens (including phenoxy) is 1. The molecule has 0 radical (unpaired) electrons. The van der Waals surface area contributed by atoms with Crippen LogP contribution < -0.4 is 21.3 Å². The Labute approximate surface area is 385 Å². The molecule has 3 aliphatic rings. The highest BCUT2D eigenvalue weighted by Gasteiger charge is 2.33. The normalized spacial score (nSPS) is 16.7. The van der Waals surface area contributed by atoms with Crippen molar-refractivity contribution < 1.29 is 48.8 Å². The summed E-state index contributed by atoms with van der Waals surface area (Å²) in [5.41, 5.74) is 3.00. The van der Waals surface area contributed by atoms with Crippen molar-refractivity contribution in [3.63, 3.8) is 0 Å². The van der Waals surface area contributed by atoms with Crippen molar-refractivity contribution in [3.8, 4) is 0 Å². The number of aliphatic carboxylic acids is 1. The van der Waals surface area contributed by atoms with Crippen molar-refractivity contribution >= 4 is 35.3 Å². The number of esters is 1. The number of nitrogens with one attached hydrogen (secondary N) is 4. The van der Waals surface area contributed by atoms with Crippen molar-refractivity contribution in [3.05, 3.63) is 70.8 Å². The Balaban J connectivity index is 0.000000288. The third kappa shape index (κ3) is 20.3. The van der Waals surface area contributed by atoms with Gasteiger partial charge in [-0.1, -0.05) is 75.6 Å². The molecule has 5 rings (SSSR count). The number of unbranched alkanes of at least 4 members (excludes halogenated alkanes) is 4. The molecular formula is C51H76N4O10. The van der Waals surface area contributed by atoms with E-state index in [0.29, 0.717) is 62.5 Å². The van der Waals surface area contributed by atoms with E-state index >= 15 is 0 Å². The van der Waals surface area contributed by atoms with Gasteiger partial charge >= 0.3 is 11.9 Å². The van der Waals surface area contributed by atoms with Gasteiger partial charge in [0.1, 0.15) is 31.4 Å². The highest BCUT2D eigenvalue weighted by molar-refractivity contribution is 5.94. The molecule has 0 unspecified atom stereocenters. The average Bonchev–Trinajstić information content (AvgIpc) is 3.85. The predicted molar refractivity (Wildman–Crippen MR) is 249 cm³/mol. The van der Waals surface area contributed by atoms with Gasteiger partial charge in [0.05, 0.1) is 0 Å². The molecule has 65 heavy (non-hydrogen) atoms. The second kappa shape index (κ2) is 30.7. The molecule has 7 N–H and O–H groups in total. The second-order valence-electron chi connectivity index (χ2n) is 18.1. The van der Waals surface area contributed by atoms with Crippen LogP contribution in [0, 0.1) is 11.8 Å². The minimum atomic E-state index is -0.809. The van der Waals surface area contributed by atoms with Crippen molar-refractivity contribution in [1.29, 1.82) is 0 Å². The molecule has 3 aliphatic carbocycles. The number of hydrogen-bond acceptors (Lipinski definition) is 11. The minimum absolute atomic E-state index is 0.0672. The molecule has 14 heteroatoms. The zero-order chi connectivity index (χ0) is 46.7. The van der Waals surface area contributed by atoms with E-state index in [-0.39, 0.29) is 47.4 Å². The fourth-order valence-corrected chi connectivity index (χ4v) is 9.19. The van der Waals surface area contributed by atoms with Crippen LogP contribution in [0.5, 0.6) is 0 Å². The highest BCUT2D eigenvalue weighted by atomic mass is 16.5. The maximum Gasteiger partial charge on any atom is 0.323 e. The Morgan fingerprint density at radius 2 is 0.985 bits per heavy atom. The molecular weight excluding hydrogens is 829 g/mol. The molecule has 0 aliphatic heterocycles. The summed E-state index contributed by atoms with van der Waals surface area (Å²) in [5.74, 6) is -1.04. The van der Waals surface area contributed by atoms with E-state index in [1.54, 1.807) is 18.2 Å². The number of amides is 2. The van der Waals surface area contributed by atoms with Gasteiger partial charge in [-0.05, 0) is 124 Å². The van der Waals surface area contributed by atoms with E-state index in [1.165, 1.54) is 12.8 Å². The molecule has 2 amide bonds. The van der Waals surface area contributed by atoms with Gasteiger partial charge in [-0.2, -0.15) is 0 Å². The van der Waals surface area contributed by atoms with Gasteiger partial charge in [0.2, 0.25) is 0 Å². The zero-order valence-electron chi connectivity index (χ0n) is 38.5. The molecule has 0 aromatic heterocycles. The van der Waals surface area contributed by atoms with Crippen LogP contribution >= 0.6 is 0 Å². The third-order valence-electron chi connectivity index (χ3n) is 13.0. The van der Waals surface area contributed by atoms with Gasteiger partial charge in [0.25, 0.3) is 11.8 Å². The lowest BCUT2D eigenvalue weighted by molar-refractivity contribution is -0.153. The number of hydrogen-bond donors (Lipinski definition) is 7. The summed E-state index contributed by atoms with van der Waals surface area (Å²) in [5, 5.41) is 39.5. The van der Waals surface area contributed by atoms with Crippen LogP contribution in [0.2, 0.25) is 0 Å². The number of carbonyl (C=O) groups is 6. The van der Waals surface area contributed by atoms with Crippen LogP contribution in [0.1, 0.15) is 173 Å². The van der Waals surface area contributed by atoms with E-state index in [2.05, 4.69) is 21.3 Å². The molecule has 0 heterocycles. The zero-order valence-corrected chi connectivity index (χ0v) is 38.5. The third-order valence-corrected chi connectivity index (χ3v) is 13.0. The molecule has 360 valence electrons. The monoisotopic (exact) mass is 905 g/mol. The Kier molecular flexibility index (Phi) is 25.1. The molecule has 0 spiro atoms. The first kappa shape index (κ1) is 53.1. The SMILES string of the molecule is O=C(CO)CCCCCNC(=O)c1cccc(CN[C@H](C(=O)O)C2CCCCC2)c1.O=C(CO)CCCCCNC(=O)c1cccc(CN[C@H](C(=O)OC2CCCC2)C2CCCCC2)c1. The quantitative estimate of drug-likeness (QED) is 0.0367. The lowest BCUT2D eigenvalue weighted by Crippen LogP contribution is -2.45. The van der Waals surface area contributed by atoms with E-state index in [1.807, 2.05) is 30.3 Å². The molecule has 3 fully saturated rings. The number of ketones is 2. The van der Waals surface area contributed by atoms with Crippen molar-refractivity contribution in [1.82, 2.24) is 21.3 Å². The maximum absolute atomic E-state index is 13.1. The molecule has 0 bridgehead atoms. The predicted octanol–water partition coefficient (Wildman–Crippen LogP) is 6.72. The van der Waals surface area contributed by atoms with Crippen LogP contribution in [0.25, 0.3) is 0 Å². The van der Waals surface area contributed by atoms with Crippen LogP contribution in [0.3, 0.4) is 0 Å². The summed E-state index contributed by atoms with van der Waals surface area (Å²) in [7, 11) is 0. The van der Waals surface area contributed by atoms with Crippen molar-refractivity contribution in [2.45, 2.75) is 173 Å². The molecule has 3 saturated carbocycles. The molecule has 2 aromatic carbocycles. The van der Waals surface area contributed by atoms with Gasteiger partial charge in [-0.15, -0.1) is 0 Å². The summed E-state index contributed by atoms with van der Waals surface area (Å²) in [6.07, 6.45) is 20.6. The topological polar surface area (TPSA) is 220 Å². The summed E-state index contributed by atoms with van der Waals surface area (Å²) < 4.78 is 5.87. The first-order valence-electron chi connectivity index (χ1n) is 24.5. The smallest absolute Gasteiger partial charge is 0.323 e. The van der Waals surface area contributed by atoms with Gasteiger partial charge in [-0.3, -0.25) is 28.8 Å². The Morgan fingerprint density at radius 3 is 1.43 bits per heavy atom.